The minimum atomic E-state index is 0.417. The molecule has 0 aliphatic rings. The third-order valence-electron chi connectivity index (χ3n) is 3.74. The fraction of sp³-hybridized carbons (Fsp3) is 0.333. The van der Waals surface area contributed by atoms with E-state index in [9.17, 15) is 0 Å². The van der Waals surface area contributed by atoms with Crippen LogP contribution >= 0.6 is 11.6 Å². The zero-order valence-electron chi connectivity index (χ0n) is 12.1. The Morgan fingerprint density at radius 3 is 2.45 bits per heavy atom. The van der Waals surface area contributed by atoms with E-state index in [4.69, 9.17) is 11.6 Å². The van der Waals surface area contributed by atoms with Gasteiger partial charge in [0, 0.05) is 11.1 Å². The van der Waals surface area contributed by atoms with Crippen LogP contribution in [0.3, 0.4) is 0 Å². The molecule has 0 saturated heterocycles. The maximum absolute atomic E-state index is 6.08. The van der Waals surface area contributed by atoms with E-state index < -0.39 is 0 Å². The molecule has 0 aliphatic heterocycles. The second-order valence-electron chi connectivity index (χ2n) is 5.20. The molecule has 106 valence electrons. The fourth-order valence-electron chi connectivity index (χ4n) is 2.59. The van der Waals surface area contributed by atoms with E-state index in [0.29, 0.717) is 12.0 Å². The number of benzene rings is 2. The van der Waals surface area contributed by atoms with E-state index in [2.05, 4.69) is 61.6 Å². The molecule has 0 aliphatic carbocycles. The largest absolute Gasteiger partial charge is 0.313 e. The van der Waals surface area contributed by atoms with Gasteiger partial charge < -0.3 is 5.32 Å². The fourth-order valence-corrected chi connectivity index (χ4v) is 2.81. The Morgan fingerprint density at radius 1 is 1.05 bits per heavy atom. The summed E-state index contributed by atoms with van der Waals surface area (Å²) in [4.78, 5) is 0. The van der Waals surface area contributed by atoms with Crippen LogP contribution in [0.25, 0.3) is 0 Å². The monoisotopic (exact) mass is 287 g/mol. The van der Waals surface area contributed by atoms with Gasteiger partial charge in [-0.25, -0.2) is 0 Å². The molecule has 0 saturated carbocycles. The molecule has 1 nitrogen and oxygen atoms in total. The van der Waals surface area contributed by atoms with Gasteiger partial charge in [0.1, 0.15) is 0 Å². The van der Waals surface area contributed by atoms with Crippen LogP contribution < -0.4 is 5.32 Å². The molecule has 2 rings (SSSR count). The maximum atomic E-state index is 6.08. The van der Waals surface area contributed by atoms with Gasteiger partial charge in [-0.1, -0.05) is 67.9 Å². The number of hydrogen-bond acceptors (Lipinski definition) is 1. The summed E-state index contributed by atoms with van der Waals surface area (Å²) in [5, 5.41) is 4.42. The summed E-state index contributed by atoms with van der Waals surface area (Å²) < 4.78 is 0. The van der Waals surface area contributed by atoms with Crippen molar-refractivity contribution in [2.24, 2.45) is 0 Å². The molecule has 0 bridgehead atoms. The summed E-state index contributed by atoms with van der Waals surface area (Å²) in [6, 6.07) is 19.2. The van der Waals surface area contributed by atoms with E-state index in [1.54, 1.807) is 0 Å². The third kappa shape index (κ3) is 4.09. The van der Waals surface area contributed by atoms with Crippen molar-refractivity contribution in [1.29, 1.82) is 0 Å². The smallest absolute Gasteiger partial charge is 0.0408 e. The van der Waals surface area contributed by atoms with Gasteiger partial charge in [-0.05, 0) is 42.1 Å². The normalized spacial score (nSPS) is 13.9. The molecule has 0 spiro atoms. The summed E-state index contributed by atoms with van der Waals surface area (Å²) in [6.45, 7) is 5.41. The predicted octanol–water partition coefficient (Wildman–Crippen LogP) is 4.66. The van der Waals surface area contributed by atoms with Crippen molar-refractivity contribution in [2.75, 3.05) is 6.54 Å². The first-order valence-electron chi connectivity index (χ1n) is 7.23. The van der Waals surface area contributed by atoms with Crippen LogP contribution in [0.15, 0.2) is 54.6 Å². The molecule has 2 aromatic carbocycles. The zero-order valence-corrected chi connectivity index (χ0v) is 12.9. The number of nitrogens with one attached hydrogen (secondary N) is 1. The summed E-state index contributed by atoms with van der Waals surface area (Å²) in [5.74, 6) is 0.468. The highest BCUT2D eigenvalue weighted by molar-refractivity contribution is 6.30. The lowest BCUT2D eigenvalue weighted by Gasteiger charge is -2.25. The Labute approximate surface area is 127 Å². The first kappa shape index (κ1) is 15.1. The van der Waals surface area contributed by atoms with Crippen LogP contribution in [0.4, 0.5) is 0 Å². The number of likely N-dealkylation sites (N-methyl/N-ethyl adjacent to an activating group) is 1. The van der Waals surface area contributed by atoms with Crippen molar-refractivity contribution in [2.45, 2.75) is 32.2 Å². The topological polar surface area (TPSA) is 12.0 Å². The molecule has 1 N–H and O–H groups in total. The van der Waals surface area contributed by atoms with E-state index in [0.717, 1.165) is 18.0 Å². The van der Waals surface area contributed by atoms with Crippen molar-refractivity contribution in [3.63, 3.8) is 0 Å². The van der Waals surface area contributed by atoms with Gasteiger partial charge in [0.15, 0.2) is 0 Å². The van der Waals surface area contributed by atoms with Crippen molar-refractivity contribution in [3.8, 4) is 0 Å². The van der Waals surface area contributed by atoms with Crippen molar-refractivity contribution in [1.82, 2.24) is 5.32 Å². The Kier molecular flexibility index (Phi) is 5.63. The number of halogens is 1. The third-order valence-corrected chi connectivity index (χ3v) is 3.97. The Bertz CT molecular complexity index is 524. The summed E-state index contributed by atoms with van der Waals surface area (Å²) in [6.07, 6.45) is 0.991. The van der Waals surface area contributed by atoms with E-state index in [-0.39, 0.29) is 0 Å². The molecule has 0 radical (unpaired) electrons. The molecular formula is C18H22ClN. The van der Waals surface area contributed by atoms with Crippen LogP contribution in [0.5, 0.6) is 0 Å². The standard InChI is InChI=1S/C18H22ClN/c1-3-20-18(13-15-8-7-11-17(19)12-15)14(2)16-9-5-4-6-10-16/h4-12,14,18,20H,3,13H2,1-2H3. The highest BCUT2D eigenvalue weighted by Crippen LogP contribution is 2.22. The highest BCUT2D eigenvalue weighted by atomic mass is 35.5. The molecule has 2 atom stereocenters. The Balaban J connectivity index is 2.14. The number of hydrogen-bond donors (Lipinski definition) is 1. The van der Waals surface area contributed by atoms with E-state index in [1.807, 2.05) is 12.1 Å². The lowest BCUT2D eigenvalue weighted by molar-refractivity contribution is 0.458. The highest BCUT2D eigenvalue weighted by Gasteiger charge is 2.18. The van der Waals surface area contributed by atoms with Crippen LogP contribution in [0, 0.1) is 0 Å². The molecular weight excluding hydrogens is 266 g/mol. The van der Waals surface area contributed by atoms with Crippen LogP contribution in [0.1, 0.15) is 30.9 Å². The molecule has 0 amide bonds. The van der Waals surface area contributed by atoms with Crippen molar-refractivity contribution < 1.29 is 0 Å². The predicted molar refractivity (Wildman–Crippen MR) is 87.5 cm³/mol. The second kappa shape index (κ2) is 7.47. The second-order valence-corrected chi connectivity index (χ2v) is 5.63. The quantitative estimate of drug-likeness (QED) is 0.814. The molecule has 0 aromatic heterocycles. The summed E-state index contributed by atoms with van der Waals surface area (Å²) in [5.41, 5.74) is 2.66. The minimum absolute atomic E-state index is 0.417. The maximum Gasteiger partial charge on any atom is 0.0408 e. The summed E-state index contributed by atoms with van der Waals surface area (Å²) >= 11 is 6.08. The molecule has 2 unspecified atom stereocenters. The van der Waals surface area contributed by atoms with Gasteiger partial charge in [0.05, 0.1) is 0 Å². The van der Waals surface area contributed by atoms with Gasteiger partial charge in [0.25, 0.3) is 0 Å². The Morgan fingerprint density at radius 2 is 1.80 bits per heavy atom. The molecule has 2 aromatic rings. The average Bonchev–Trinajstić information content (AvgIpc) is 2.47. The minimum Gasteiger partial charge on any atom is -0.313 e. The lowest BCUT2D eigenvalue weighted by atomic mass is 9.89. The van der Waals surface area contributed by atoms with Crippen molar-refractivity contribution >= 4 is 11.6 Å². The lowest BCUT2D eigenvalue weighted by Crippen LogP contribution is -2.35. The van der Waals surface area contributed by atoms with Gasteiger partial charge in [-0.15, -0.1) is 0 Å². The first-order valence-corrected chi connectivity index (χ1v) is 7.61. The average molecular weight is 288 g/mol. The SMILES string of the molecule is CCNC(Cc1cccc(Cl)c1)C(C)c1ccccc1. The van der Waals surface area contributed by atoms with Gasteiger partial charge in [-0.2, -0.15) is 0 Å². The summed E-state index contributed by atoms with van der Waals surface area (Å²) in [7, 11) is 0. The molecule has 0 heterocycles. The molecule has 20 heavy (non-hydrogen) atoms. The van der Waals surface area contributed by atoms with Gasteiger partial charge >= 0.3 is 0 Å². The van der Waals surface area contributed by atoms with E-state index >= 15 is 0 Å². The zero-order chi connectivity index (χ0) is 14.4. The van der Waals surface area contributed by atoms with Crippen LogP contribution in [-0.4, -0.2) is 12.6 Å². The van der Waals surface area contributed by atoms with Crippen molar-refractivity contribution in [3.05, 3.63) is 70.7 Å². The van der Waals surface area contributed by atoms with Gasteiger partial charge in [0.2, 0.25) is 0 Å². The molecule has 0 fully saturated rings. The number of rotatable bonds is 6. The Hall–Kier alpha value is -1.31. The van der Waals surface area contributed by atoms with Crippen LogP contribution in [0.2, 0.25) is 5.02 Å². The first-order chi connectivity index (χ1) is 9.70. The van der Waals surface area contributed by atoms with Crippen LogP contribution in [-0.2, 0) is 6.42 Å². The van der Waals surface area contributed by atoms with E-state index in [1.165, 1.54) is 11.1 Å². The van der Waals surface area contributed by atoms with Gasteiger partial charge in [-0.3, -0.25) is 0 Å². The molecule has 2 heteroatoms.